The summed E-state index contributed by atoms with van der Waals surface area (Å²) >= 11 is 0. The molecule has 1 aromatic heterocycles. The number of nitrogens with zero attached hydrogens (tertiary/aromatic N) is 2. The minimum Gasteiger partial charge on any atom is -0.497 e. The van der Waals surface area contributed by atoms with E-state index in [1.807, 2.05) is 61.5 Å². The minimum absolute atomic E-state index is 0.105. The smallest absolute Gasteiger partial charge is 0.276 e. The molecule has 27 heavy (non-hydrogen) atoms. The quantitative estimate of drug-likeness (QED) is 0.513. The second-order valence-electron chi connectivity index (χ2n) is 6.30. The van der Waals surface area contributed by atoms with Crippen LogP contribution in [0.25, 0.3) is 21.7 Å². The lowest BCUT2D eigenvalue weighted by molar-refractivity contribution is 0.0984. The molecule has 0 saturated heterocycles. The van der Waals surface area contributed by atoms with Gasteiger partial charge in [-0.15, -0.1) is 0 Å². The van der Waals surface area contributed by atoms with Gasteiger partial charge in [0, 0.05) is 17.3 Å². The van der Waals surface area contributed by atoms with E-state index >= 15 is 0 Å². The molecule has 0 spiro atoms. The fourth-order valence-corrected chi connectivity index (χ4v) is 3.36. The largest absolute Gasteiger partial charge is 0.497 e. The zero-order valence-electron chi connectivity index (χ0n) is 15.3. The lowest BCUT2D eigenvalue weighted by atomic mass is 10.1. The first kappa shape index (κ1) is 17.0. The van der Waals surface area contributed by atoms with E-state index in [1.165, 1.54) is 0 Å². The summed E-state index contributed by atoms with van der Waals surface area (Å²) < 4.78 is 5.25. The van der Waals surface area contributed by atoms with Crippen molar-refractivity contribution in [3.05, 3.63) is 78.5 Å². The zero-order chi connectivity index (χ0) is 18.8. The van der Waals surface area contributed by atoms with Crippen molar-refractivity contribution < 1.29 is 9.53 Å². The molecule has 0 fully saturated rings. The maximum Gasteiger partial charge on any atom is 0.276 e. The van der Waals surface area contributed by atoms with Crippen LogP contribution in [0.15, 0.2) is 72.8 Å². The Bertz CT molecular complexity index is 1130. The fourth-order valence-electron chi connectivity index (χ4n) is 3.36. The molecule has 0 radical (unpaired) electrons. The number of amides is 1. The SMILES string of the molecule is CCN(C(=O)c1ccc2cc(OC)ccc2n1)c1cccc2ccccc12. The normalized spacial score (nSPS) is 10.9. The summed E-state index contributed by atoms with van der Waals surface area (Å²) in [6, 6.07) is 23.4. The first-order valence-corrected chi connectivity index (χ1v) is 8.95. The standard InChI is InChI=1S/C23H20N2O2/c1-3-25(22-10-6-8-16-7-4-5-9-19(16)22)23(26)21-13-11-17-15-18(27-2)12-14-20(17)24-21/h4-15H,3H2,1-2H3. The van der Waals surface area contributed by atoms with E-state index in [0.717, 1.165) is 33.1 Å². The summed E-state index contributed by atoms with van der Waals surface area (Å²) in [5.41, 5.74) is 2.11. The molecule has 4 aromatic rings. The Hall–Kier alpha value is -3.40. The van der Waals surface area contributed by atoms with Crippen LogP contribution < -0.4 is 9.64 Å². The summed E-state index contributed by atoms with van der Waals surface area (Å²) in [6.07, 6.45) is 0. The molecule has 0 unspecified atom stereocenters. The highest BCUT2D eigenvalue weighted by atomic mass is 16.5. The number of pyridine rings is 1. The molecule has 1 amide bonds. The van der Waals surface area contributed by atoms with Crippen molar-refractivity contribution in [1.29, 1.82) is 0 Å². The van der Waals surface area contributed by atoms with Crippen LogP contribution in [0, 0.1) is 0 Å². The molecular formula is C23H20N2O2. The van der Waals surface area contributed by atoms with Crippen LogP contribution in [0.4, 0.5) is 5.69 Å². The first-order valence-electron chi connectivity index (χ1n) is 8.95. The van der Waals surface area contributed by atoms with Gasteiger partial charge in [-0.2, -0.15) is 0 Å². The van der Waals surface area contributed by atoms with Gasteiger partial charge in [-0.05, 0) is 42.6 Å². The van der Waals surface area contributed by atoms with Crippen LogP contribution in [0.5, 0.6) is 5.75 Å². The average Bonchev–Trinajstić information content (AvgIpc) is 2.73. The van der Waals surface area contributed by atoms with Gasteiger partial charge in [-0.3, -0.25) is 4.79 Å². The zero-order valence-corrected chi connectivity index (χ0v) is 15.3. The Morgan fingerprint density at radius 3 is 2.59 bits per heavy atom. The molecule has 0 aliphatic carbocycles. The van der Waals surface area contributed by atoms with Crippen LogP contribution in [0.2, 0.25) is 0 Å². The number of hydrogen-bond acceptors (Lipinski definition) is 3. The Labute approximate surface area is 158 Å². The molecule has 4 heteroatoms. The Kier molecular flexibility index (Phi) is 4.47. The van der Waals surface area contributed by atoms with E-state index in [9.17, 15) is 4.79 Å². The highest BCUT2D eigenvalue weighted by Crippen LogP contribution is 2.28. The Balaban J connectivity index is 1.76. The predicted octanol–water partition coefficient (Wildman–Crippen LogP) is 5.06. The summed E-state index contributed by atoms with van der Waals surface area (Å²) in [7, 11) is 1.63. The monoisotopic (exact) mass is 356 g/mol. The lowest BCUT2D eigenvalue weighted by Crippen LogP contribution is -2.31. The van der Waals surface area contributed by atoms with Crippen molar-refractivity contribution in [3.8, 4) is 5.75 Å². The van der Waals surface area contributed by atoms with Crippen molar-refractivity contribution in [2.45, 2.75) is 6.92 Å². The number of carbonyl (C=O) groups excluding carboxylic acids is 1. The van der Waals surface area contributed by atoms with Gasteiger partial charge in [-0.1, -0.05) is 42.5 Å². The number of aromatic nitrogens is 1. The first-order chi connectivity index (χ1) is 13.2. The number of methoxy groups -OCH3 is 1. The lowest BCUT2D eigenvalue weighted by Gasteiger charge is -2.22. The number of hydrogen-bond donors (Lipinski definition) is 0. The molecule has 0 atom stereocenters. The van der Waals surface area contributed by atoms with E-state index < -0.39 is 0 Å². The van der Waals surface area contributed by atoms with E-state index in [0.29, 0.717) is 12.2 Å². The fraction of sp³-hybridized carbons (Fsp3) is 0.130. The second kappa shape index (κ2) is 7.08. The molecule has 3 aromatic carbocycles. The van der Waals surface area contributed by atoms with Crippen molar-refractivity contribution in [2.75, 3.05) is 18.6 Å². The third-order valence-electron chi connectivity index (χ3n) is 4.73. The number of anilines is 1. The van der Waals surface area contributed by atoms with Gasteiger partial charge >= 0.3 is 0 Å². The third-order valence-corrected chi connectivity index (χ3v) is 4.73. The minimum atomic E-state index is -0.105. The molecule has 0 bridgehead atoms. The molecule has 0 saturated carbocycles. The van der Waals surface area contributed by atoms with E-state index in [-0.39, 0.29) is 5.91 Å². The highest BCUT2D eigenvalue weighted by Gasteiger charge is 2.19. The molecule has 0 aliphatic heterocycles. The predicted molar refractivity (Wildman–Crippen MR) is 110 cm³/mol. The molecule has 1 heterocycles. The van der Waals surface area contributed by atoms with Crippen LogP contribution >= 0.6 is 0 Å². The average molecular weight is 356 g/mol. The second-order valence-corrected chi connectivity index (χ2v) is 6.30. The van der Waals surface area contributed by atoms with Gasteiger partial charge < -0.3 is 9.64 Å². The summed E-state index contributed by atoms with van der Waals surface area (Å²) in [5.74, 6) is 0.667. The summed E-state index contributed by atoms with van der Waals surface area (Å²) in [4.78, 5) is 19.6. The van der Waals surface area contributed by atoms with Crippen LogP contribution in [0.3, 0.4) is 0 Å². The molecule has 0 N–H and O–H groups in total. The van der Waals surface area contributed by atoms with Gasteiger partial charge in [0.25, 0.3) is 5.91 Å². The van der Waals surface area contributed by atoms with Crippen LogP contribution in [0.1, 0.15) is 17.4 Å². The highest BCUT2D eigenvalue weighted by molar-refractivity contribution is 6.10. The summed E-state index contributed by atoms with van der Waals surface area (Å²) in [6.45, 7) is 2.54. The molecule has 4 rings (SSSR count). The molecule has 4 nitrogen and oxygen atoms in total. The number of ether oxygens (including phenoxy) is 1. The topological polar surface area (TPSA) is 42.4 Å². The van der Waals surface area contributed by atoms with Crippen molar-refractivity contribution >= 4 is 33.3 Å². The van der Waals surface area contributed by atoms with Gasteiger partial charge in [0.2, 0.25) is 0 Å². The van der Waals surface area contributed by atoms with Crippen LogP contribution in [-0.2, 0) is 0 Å². The molecule has 134 valence electrons. The third kappa shape index (κ3) is 3.10. The van der Waals surface area contributed by atoms with Gasteiger partial charge in [0.15, 0.2) is 0 Å². The van der Waals surface area contributed by atoms with Gasteiger partial charge in [-0.25, -0.2) is 4.98 Å². The summed E-state index contributed by atoms with van der Waals surface area (Å²) in [5, 5.41) is 3.11. The Morgan fingerprint density at radius 1 is 0.963 bits per heavy atom. The molecule has 0 aliphatic rings. The number of benzene rings is 3. The van der Waals surface area contributed by atoms with Gasteiger partial charge in [0.05, 0.1) is 18.3 Å². The van der Waals surface area contributed by atoms with Crippen molar-refractivity contribution in [2.24, 2.45) is 0 Å². The van der Waals surface area contributed by atoms with E-state index in [2.05, 4.69) is 17.1 Å². The van der Waals surface area contributed by atoms with Crippen LogP contribution in [-0.4, -0.2) is 24.5 Å². The van der Waals surface area contributed by atoms with E-state index in [4.69, 9.17) is 4.74 Å². The number of fused-ring (bicyclic) bond motifs is 2. The maximum atomic E-state index is 13.2. The number of carbonyl (C=O) groups is 1. The molecular weight excluding hydrogens is 336 g/mol. The van der Waals surface area contributed by atoms with E-state index in [1.54, 1.807) is 18.1 Å². The maximum absolute atomic E-state index is 13.2. The Morgan fingerprint density at radius 2 is 1.78 bits per heavy atom. The number of rotatable bonds is 4. The van der Waals surface area contributed by atoms with Crippen molar-refractivity contribution in [3.63, 3.8) is 0 Å². The van der Waals surface area contributed by atoms with Crippen molar-refractivity contribution in [1.82, 2.24) is 4.98 Å². The van der Waals surface area contributed by atoms with Gasteiger partial charge in [0.1, 0.15) is 11.4 Å².